The van der Waals surface area contributed by atoms with Crippen molar-refractivity contribution in [1.82, 2.24) is 4.98 Å². The summed E-state index contributed by atoms with van der Waals surface area (Å²) in [5, 5.41) is 8.77. The number of carboxylic acid groups (broad SMARTS) is 1. The van der Waals surface area contributed by atoms with Gasteiger partial charge in [0.1, 0.15) is 5.69 Å². The predicted octanol–water partition coefficient (Wildman–Crippen LogP) is 3.06. The summed E-state index contributed by atoms with van der Waals surface area (Å²) in [5.41, 5.74) is 4.43. The van der Waals surface area contributed by atoms with Crippen molar-refractivity contribution in [1.29, 1.82) is 0 Å². The number of aromatic nitrogens is 1. The molecular formula is C14H13NO2. The van der Waals surface area contributed by atoms with Crippen molar-refractivity contribution in [2.45, 2.75) is 13.8 Å². The van der Waals surface area contributed by atoms with Crippen LogP contribution in [0.2, 0.25) is 0 Å². The van der Waals surface area contributed by atoms with Crippen LogP contribution in [0.5, 0.6) is 0 Å². The van der Waals surface area contributed by atoms with E-state index in [9.17, 15) is 4.79 Å². The molecule has 86 valence electrons. The molecule has 3 heteroatoms. The largest absolute Gasteiger partial charge is 0.477 e. The molecule has 0 unspecified atom stereocenters. The van der Waals surface area contributed by atoms with Crippen molar-refractivity contribution in [3.8, 4) is 11.1 Å². The maximum absolute atomic E-state index is 10.7. The quantitative estimate of drug-likeness (QED) is 0.857. The van der Waals surface area contributed by atoms with E-state index in [1.165, 1.54) is 17.2 Å². The van der Waals surface area contributed by atoms with Crippen molar-refractivity contribution < 1.29 is 9.90 Å². The topological polar surface area (TPSA) is 50.2 Å². The van der Waals surface area contributed by atoms with Gasteiger partial charge in [0.15, 0.2) is 0 Å². The van der Waals surface area contributed by atoms with Gasteiger partial charge >= 0.3 is 5.97 Å². The summed E-state index contributed by atoms with van der Waals surface area (Å²) in [4.78, 5) is 14.6. The summed E-state index contributed by atoms with van der Waals surface area (Å²) >= 11 is 0. The van der Waals surface area contributed by atoms with Crippen molar-refractivity contribution in [3.63, 3.8) is 0 Å². The number of hydrogen-bond donors (Lipinski definition) is 1. The molecule has 1 N–H and O–H groups in total. The van der Waals surface area contributed by atoms with Crippen LogP contribution in [0.1, 0.15) is 21.6 Å². The maximum Gasteiger partial charge on any atom is 0.354 e. The normalized spacial score (nSPS) is 10.2. The number of hydrogen-bond acceptors (Lipinski definition) is 2. The van der Waals surface area contributed by atoms with Crippen LogP contribution in [0.4, 0.5) is 0 Å². The predicted molar refractivity (Wildman–Crippen MR) is 66.1 cm³/mol. The molecule has 3 nitrogen and oxygen atoms in total. The number of aromatic carboxylic acids is 1. The molecule has 0 radical (unpaired) electrons. The van der Waals surface area contributed by atoms with Crippen molar-refractivity contribution in [3.05, 3.63) is 53.3 Å². The highest BCUT2D eigenvalue weighted by Gasteiger charge is 2.05. The first-order valence-corrected chi connectivity index (χ1v) is 5.34. The molecule has 0 bridgehead atoms. The van der Waals surface area contributed by atoms with Gasteiger partial charge in [-0.25, -0.2) is 9.78 Å². The lowest BCUT2D eigenvalue weighted by molar-refractivity contribution is 0.0690. The van der Waals surface area contributed by atoms with E-state index in [2.05, 4.69) is 23.2 Å². The number of carboxylic acids is 1. The zero-order chi connectivity index (χ0) is 12.4. The van der Waals surface area contributed by atoms with Crippen LogP contribution >= 0.6 is 0 Å². The highest BCUT2D eigenvalue weighted by Crippen LogP contribution is 2.21. The molecule has 0 aliphatic heterocycles. The minimum absolute atomic E-state index is 0.0677. The number of carbonyl (C=O) groups is 1. The van der Waals surface area contributed by atoms with Gasteiger partial charge in [0.2, 0.25) is 0 Å². The molecule has 0 saturated carbocycles. The highest BCUT2D eigenvalue weighted by molar-refractivity contribution is 5.85. The molecule has 0 fully saturated rings. The molecule has 2 rings (SSSR count). The standard InChI is InChI=1S/C14H13NO2/c1-9-5-10(2)7-12(6-9)11-3-4-13(14(16)17)15-8-11/h3-8H,1-2H3,(H,16,17). The Morgan fingerprint density at radius 3 is 2.18 bits per heavy atom. The second-order valence-corrected chi connectivity index (χ2v) is 4.11. The van der Waals surface area contributed by atoms with Gasteiger partial charge in [0.05, 0.1) is 0 Å². The molecule has 1 aromatic carbocycles. The van der Waals surface area contributed by atoms with Gasteiger partial charge in [-0.1, -0.05) is 35.4 Å². The third-order valence-corrected chi connectivity index (χ3v) is 2.54. The minimum Gasteiger partial charge on any atom is -0.477 e. The summed E-state index contributed by atoms with van der Waals surface area (Å²) in [5.74, 6) is -1.00. The molecule has 17 heavy (non-hydrogen) atoms. The van der Waals surface area contributed by atoms with Crippen LogP contribution in [-0.4, -0.2) is 16.1 Å². The van der Waals surface area contributed by atoms with E-state index >= 15 is 0 Å². The van der Waals surface area contributed by atoms with Gasteiger partial charge < -0.3 is 5.11 Å². The molecule has 0 saturated heterocycles. The van der Waals surface area contributed by atoms with E-state index in [-0.39, 0.29) is 5.69 Å². The summed E-state index contributed by atoms with van der Waals surface area (Å²) < 4.78 is 0. The monoisotopic (exact) mass is 227 g/mol. The fraction of sp³-hybridized carbons (Fsp3) is 0.143. The lowest BCUT2D eigenvalue weighted by Gasteiger charge is -2.05. The Bertz CT molecular complexity index is 539. The van der Waals surface area contributed by atoms with Crippen LogP contribution in [0.3, 0.4) is 0 Å². The third kappa shape index (κ3) is 2.50. The van der Waals surface area contributed by atoms with Crippen LogP contribution < -0.4 is 0 Å². The molecule has 0 atom stereocenters. The Labute approximate surface area is 99.8 Å². The first kappa shape index (κ1) is 11.3. The van der Waals surface area contributed by atoms with E-state index in [4.69, 9.17) is 5.11 Å². The Hall–Kier alpha value is -2.16. The highest BCUT2D eigenvalue weighted by atomic mass is 16.4. The van der Waals surface area contributed by atoms with Gasteiger partial charge in [-0.3, -0.25) is 0 Å². The number of pyridine rings is 1. The van der Waals surface area contributed by atoms with Gasteiger partial charge in [0, 0.05) is 11.8 Å². The van der Waals surface area contributed by atoms with E-state index < -0.39 is 5.97 Å². The Kier molecular flexibility index (Phi) is 2.91. The smallest absolute Gasteiger partial charge is 0.354 e. The van der Waals surface area contributed by atoms with E-state index in [1.807, 2.05) is 13.8 Å². The van der Waals surface area contributed by atoms with Gasteiger partial charge in [-0.05, 0) is 25.5 Å². The van der Waals surface area contributed by atoms with E-state index in [0.717, 1.165) is 11.1 Å². The SMILES string of the molecule is Cc1cc(C)cc(-c2ccc(C(=O)O)nc2)c1. The molecule has 0 aliphatic rings. The maximum atomic E-state index is 10.7. The van der Waals surface area contributed by atoms with E-state index in [0.29, 0.717) is 0 Å². The van der Waals surface area contributed by atoms with E-state index in [1.54, 1.807) is 12.3 Å². The zero-order valence-corrected chi connectivity index (χ0v) is 9.77. The summed E-state index contributed by atoms with van der Waals surface area (Å²) in [7, 11) is 0. The van der Waals surface area contributed by atoms with Crippen LogP contribution in [0.25, 0.3) is 11.1 Å². The summed E-state index contributed by atoms with van der Waals surface area (Å²) in [6.07, 6.45) is 1.59. The first-order valence-electron chi connectivity index (χ1n) is 5.34. The Morgan fingerprint density at radius 1 is 1.06 bits per heavy atom. The zero-order valence-electron chi connectivity index (χ0n) is 9.77. The van der Waals surface area contributed by atoms with Gasteiger partial charge in [0.25, 0.3) is 0 Å². The van der Waals surface area contributed by atoms with Gasteiger partial charge in [-0.2, -0.15) is 0 Å². The number of aryl methyl sites for hydroxylation is 2. The number of nitrogens with zero attached hydrogens (tertiary/aromatic N) is 1. The summed E-state index contributed by atoms with van der Waals surface area (Å²) in [6, 6.07) is 9.53. The molecular weight excluding hydrogens is 214 g/mol. The Balaban J connectivity index is 2.43. The lowest BCUT2D eigenvalue weighted by atomic mass is 10.0. The van der Waals surface area contributed by atoms with Crippen LogP contribution in [-0.2, 0) is 0 Å². The average Bonchev–Trinajstić information content (AvgIpc) is 2.28. The number of rotatable bonds is 2. The molecule has 1 aromatic heterocycles. The second kappa shape index (κ2) is 4.37. The fourth-order valence-corrected chi connectivity index (χ4v) is 1.83. The molecule has 1 heterocycles. The molecule has 2 aromatic rings. The number of benzene rings is 1. The van der Waals surface area contributed by atoms with Gasteiger partial charge in [-0.15, -0.1) is 0 Å². The van der Waals surface area contributed by atoms with Crippen LogP contribution in [0, 0.1) is 13.8 Å². The third-order valence-electron chi connectivity index (χ3n) is 2.54. The minimum atomic E-state index is -1.00. The van der Waals surface area contributed by atoms with Crippen molar-refractivity contribution in [2.24, 2.45) is 0 Å². The Morgan fingerprint density at radius 2 is 1.71 bits per heavy atom. The lowest BCUT2D eigenvalue weighted by Crippen LogP contribution is -1.99. The molecule has 0 aliphatic carbocycles. The summed E-state index contributed by atoms with van der Waals surface area (Å²) in [6.45, 7) is 4.07. The second-order valence-electron chi connectivity index (χ2n) is 4.11. The average molecular weight is 227 g/mol. The van der Waals surface area contributed by atoms with Crippen molar-refractivity contribution in [2.75, 3.05) is 0 Å². The van der Waals surface area contributed by atoms with Crippen molar-refractivity contribution >= 4 is 5.97 Å². The fourth-order valence-electron chi connectivity index (χ4n) is 1.83. The molecule has 0 spiro atoms. The first-order chi connectivity index (χ1) is 8.06. The molecule has 0 amide bonds. The van der Waals surface area contributed by atoms with Crippen LogP contribution in [0.15, 0.2) is 36.5 Å².